The fraction of sp³-hybridized carbons (Fsp3) is 0.700. The van der Waals surface area contributed by atoms with E-state index in [2.05, 4.69) is 39.0 Å². The van der Waals surface area contributed by atoms with Crippen molar-refractivity contribution in [2.24, 2.45) is 11.8 Å². The SMILES string of the molecule is C/C=C(\OCCCC)C1CCC(O)CC1.CC(C)c1ccc(COC(=O)C2CCCCC2O)cc1. The van der Waals surface area contributed by atoms with Crippen molar-refractivity contribution in [3.8, 4) is 0 Å². The summed E-state index contributed by atoms with van der Waals surface area (Å²) in [7, 11) is 0. The molecular weight excluding hydrogens is 440 g/mol. The smallest absolute Gasteiger partial charge is 0.311 e. The molecule has 5 nitrogen and oxygen atoms in total. The van der Waals surface area contributed by atoms with Crippen molar-refractivity contribution in [1.82, 2.24) is 0 Å². The van der Waals surface area contributed by atoms with Gasteiger partial charge in [0.1, 0.15) is 6.61 Å². The number of esters is 1. The Kier molecular flexibility index (Phi) is 13.4. The fourth-order valence-corrected chi connectivity index (χ4v) is 4.78. The molecule has 1 aromatic rings. The van der Waals surface area contributed by atoms with Gasteiger partial charge < -0.3 is 19.7 Å². The van der Waals surface area contributed by atoms with E-state index in [1.54, 1.807) is 0 Å². The Bertz CT molecular complexity index is 747. The molecule has 2 atom stereocenters. The predicted molar refractivity (Wildman–Crippen MR) is 141 cm³/mol. The number of benzene rings is 1. The van der Waals surface area contributed by atoms with E-state index >= 15 is 0 Å². The number of ether oxygens (including phenoxy) is 2. The van der Waals surface area contributed by atoms with Crippen LogP contribution >= 0.6 is 0 Å². The molecule has 0 spiro atoms. The van der Waals surface area contributed by atoms with Crippen molar-refractivity contribution >= 4 is 5.97 Å². The van der Waals surface area contributed by atoms with Gasteiger partial charge in [-0.05, 0) is 75.0 Å². The zero-order valence-electron chi connectivity index (χ0n) is 22.4. The molecule has 2 N–H and O–H groups in total. The summed E-state index contributed by atoms with van der Waals surface area (Å²) in [6.45, 7) is 9.66. The van der Waals surface area contributed by atoms with E-state index in [0.29, 0.717) is 24.9 Å². The monoisotopic (exact) mass is 488 g/mol. The summed E-state index contributed by atoms with van der Waals surface area (Å²) < 4.78 is 11.1. The van der Waals surface area contributed by atoms with Gasteiger partial charge in [-0.15, -0.1) is 0 Å². The van der Waals surface area contributed by atoms with Crippen molar-refractivity contribution in [1.29, 1.82) is 0 Å². The van der Waals surface area contributed by atoms with Crippen molar-refractivity contribution in [3.05, 3.63) is 47.2 Å². The molecule has 0 amide bonds. The van der Waals surface area contributed by atoms with Gasteiger partial charge in [-0.25, -0.2) is 0 Å². The second kappa shape index (κ2) is 16.0. The van der Waals surface area contributed by atoms with Crippen LogP contribution in [0.3, 0.4) is 0 Å². The van der Waals surface area contributed by atoms with E-state index in [9.17, 15) is 15.0 Å². The largest absolute Gasteiger partial charge is 0.498 e. The topological polar surface area (TPSA) is 76.0 Å². The van der Waals surface area contributed by atoms with Crippen LogP contribution in [0.2, 0.25) is 0 Å². The van der Waals surface area contributed by atoms with Gasteiger partial charge in [-0.2, -0.15) is 0 Å². The highest BCUT2D eigenvalue weighted by Crippen LogP contribution is 2.30. The van der Waals surface area contributed by atoms with Crippen molar-refractivity contribution in [2.45, 2.75) is 117 Å². The van der Waals surface area contributed by atoms with Crippen LogP contribution in [0.25, 0.3) is 0 Å². The highest BCUT2D eigenvalue weighted by Gasteiger charge is 2.30. The zero-order chi connectivity index (χ0) is 25.6. The summed E-state index contributed by atoms with van der Waals surface area (Å²) in [5.74, 6) is 1.61. The lowest BCUT2D eigenvalue weighted by Gasteiger charge is -2.27. The molecule has 0 radical (unpaired) electrons. The molecule has 2 fully saturated rings. The van der Waals surface area contributed by atoms with Crippen LogP contribution in [0, 0.1) is 11.8 Å². The Morgan fingerprint density at radius 1 is 1.00 bits per heavy atom. The maximum atomic E-state index is 12.0. The normalized spacial score (nSPS) is 24.9. The van der Waals surface area contributed by atoms with Crippen LogP contribution in [-0.2, 0) is 20.9 Å². The Morgan fingerprint density at radius 3 is 2.23 bits per heavy atom. The van der Waals surface area contributed by atoms with Gasteiger partial charge in [0.05, 0.1) is 30.5 Å². The maximum absolute atomic E-state index is 12.0. The number of allylic oxidation sites excluding steroid dienone is 2. The van der Waals surface area contributed by atoms with Crippen molar-refractivity contribution < 1.29 is 24.5 Å². The van der Waals surface area contributed by atoms with E-state index in [-0.39, 0.29) is 18.0 Å². The highest BCUT2D eigenvalue weighted by atomic mass is 16.5. The third-order valence-electron chi connectivity index (χ3n) is 7.21. The van der Waals surface area contributed by atoms with Gasteiger partial charge >= 0.3 is 5.97 Å². The van der Waals surface area contributed by atoms with Crippen molar-refractivity contribution in [3.63, 3.8) is 0 Å². The van der Waals surface area contributed by atoms with Crippen LogP contribution in [0.4, 0.5) is 0 Å². The summed E-state index contributed by atoms with van der Waals surface area (Å²) in [5.41, 5.74) is 2.27. The molecule has 35 heavy (non-hydrogen) atoms. The van der Waals surface area contributed by atoms with Crippen LogP contribution in [0.1, 0.15) is 109 Å². The first-order valence-electron chi connectivity index (χ1n) is 13.8. The van der Waals surface area contributed by atoms with Crippen LogP contribution < -0.4 is 0 Å². The molecular formula is C30H48O5. The molecule has 0 saturated heterocycles. The van der Waals surface area contributed by atoms with E-state index in [1.807, 2.05) is 19.1 Å². The second-order valence-electron chi connectivity index (χ2n) is 10.4. The Labute approximate surface area is 212 Å². The van der Waals surface area contributed by atoms with Gasteiger partial charge in [0, 0.05) is 5.92 Å². The van der Waals surface area contributed by atoms with Gasteiger partial charge in [0.25, 0.3) is 0 Å². The minimum atomic E-state index is -0.528. The molecule has 5 heteroatoms. The van der Waals surface area contributed by atoms with Gasteiger partial charge in [0.15, 0.2) is 0 Å². The number of hydrogen-bond donors (Lipinski definition) is 2. The summed E-state index contributed by atoms with van der Waals surface area (Å²) in [4.78, 5) is 12.0. The summed E-state index contributed by atoms with van der Waals surface area (Å²) in [6, 6.07) is 8.15. The average Bonchev–Trinajstić information content (AvgIpc) is 2.87. The molecule has 0 heterocycles. The lowest BCUT2D eigenvalue weighted by molar-refractivity contribution is -0.155. The Balaban J connectivity index is 0.000000258. The lowest BCUT2D eigenvalue weighted by atomic mass is 9.86. The minimum absolute atomic E-state index is 0.0741. The van der Waals surface area contributed by atoms with E-state index in [0.717, 1.165) is 69.3 Å². The first kappa shape index (κ1) is 29.4. The molecule has 2 unspecified atom stereocenters. The first-order valence-corrected chi connectivity index (χ1v) is 13.8. The Morgan fingerprint density at radius 2 is 1.66 bits per heavy atom. The molecule has 1 aromatic carbocycles. The third-order valence-corrected chi connectivity index (χ3v) is 7.21. The summed E-state index contributed by atoms with van der Waals surface area (Å²) in [5, 5.41) is 19.3. The van der Waals surface area contributed by atoms with Crippen LogP contribution in [0.5, 0.6) is 0 Å². The molecule has 3 rings (SSSR count). The van der Waals surface area contributed by atoms with Crippen LogP contribution in [-0.4, -0.2) is 35.0 Å². The molecule has 2 aliphatic carbocycles. The molecule has 198 valence electrons. The van der Waals surface area contributed by atoms with Gasteiger partial charge in [-0.1, -0.05) is 64.3 Å². The number of carbonyl (C=O) groups is 1. The Hall–Kier alpha value is -1.85. The number of carbonyl (C=O) groups excluding carboxylic acids is 1. The minimum Gasteiger partial charge on any atom is -0.498 e. The fourth-order valence-electron chi connectivity index (χ4n) is 4.78. The summed E-state index contributed by atoms with van der Waals surface area (Å²) in [6.07, 6.45) is 11.3. The first-order chi connectivity index (χ1) is 16.8. The number of aliphatic hydroxyl groups excluding tert-OH is 2. The molecule has 0 bridgehead atoms. The standard InChI is InChI=1S/C17H24O3.C13H24O2/c1-12(2)14-9-7-13(8-10-14)11-20-17(19)15-5-3-4-6-16(15)18;1-3-5-10-15-13(4-2)11-6-8-12(14)9-7-11/h7-10,12,15-16,18H,3-6,11H2,1-2H3;4,11-12,14H,3,5-10H2,1-2H3/b;13-4-. The molecule has 2 saturated carbocycles. The molecule has 2 aliphatic rings. The highest BCUT2D eigenvalue weighted by molar-refractivity contribution is 5.73. The van der Waals surface area contributed by atoms with Gasteiger partial charge in [-0.3, -0.25) is 4.79 Å². The number of aliphatic hydroxyl groups is 2. The lowest BCUT2D eigenvalue weighted by Crippen LogP contribution is -2.32. The number of rotatable bonds is 9. The van der Waals surface area contributed by atoms with Crippen molar-refractivity contribution in [2.75, 3.05) is 6.61 Å². The summed E-state index contributed by atoms with van der Waals surface area (Å²) >= 11 is 0. The molecule has 0 aromatic heterocycles. The maximum Gasteiger partial charge on any atom is 0.311 e. The zero-order valence-corrected chi connectivity index (χ0v) is 22.4. The van der Waals surface area contributed by atoms with E-state index in [1.165, 1.54) is 12.0 Å². The molecule has 0 aliphatic heterocycles. The quantitative estimate of drug-likeness (QED) is 0.231. The van der Waals surface area contributed by atoms with E-state index in [4.69, 9.17) is 9.47 Å². The van der Waals surface area contributed by atoms with Crippen LogP contribution in [0.15, 0.2) is 36.1 Å². The average molecular weight is 489 g/mol. The van der Waals surface area contributed by atoms with E-state index < -0.39 is 6.10 Å². The third kappa shape index (κ3) is 10.3. The van der Waals surface area contributed by atoms with Gasteiger partial charge in [0.2, 0.25) is 0 Å². The number of unbranched alkanes of at least 4 members (excludes halogenated alkanes) is 1. The second-order valence-corrected chi connectivity index (χ2v) is 10.4. The predicted octanol–water partition coefficient (Wildman–Crippen LogP) is 6.66. The number of hydrogen-bond acceptors (Lipinski definition) is 5.